The molecule has 0 aliphatic carbocycles. The van der Waals surface area contributed by atoms with Crippen molar-refractivity contribution in [3.8, 4) is 0 Å². The van der Waals surface area contributed by atoms with Crippen LogP contribution >= 0.6 is 0 Å². The minimum Gasteiger partial charge on any atom is -0.379 e. The van der Waals surface area contributed by atoms with Gasteiger partial charge in [-0.1, -0.05) is 35.5 Å². The van der Waals surface area contributed by atoms with Crippen LogP contribution in [0.3, 0.4) is 0 Å². The summed E-state index contributed by atoms with van der Waals surface area (Å²) in [5, 5.41) is 7.26. The molecule has 0 saturated heterocycles. The van der Waals surface area contributed by atoms with E-state index in [0.717, 1.165) is 27.6 Å². The highest BCUT2D eigenvalue weighted by atomic mass is 32.2. The highest BCUT2D eigenvalue weighted by Crippen LogP contribution is 2.16. The van der Waals surface area contributed by atoms with Crippen LogP contribution in [0.25, 0.3) is 0 Å². The molecule has 1 atom stereocenters. The van der Waals surface area contributed by atoms with Crippen LogP contribution in [0.4, 0.5) is 5.69 Å². The molecule has 0 spiro atoms. The van der Waals surface area contributed by atoms with Gasteiger partial charge in [0.05, 0.1) is 23.1 Å². The van der Waals surface area contributed by atoms with Crippen molar-refractivity contribution < 1.29 is 8.73 Å². The molecule has 118 valence electrons. The van der Waals surface area contributed by atoms with E-state index >= 15 is 0 Å². The first kappa shape index (κ1) is 15.5. The van der Waals surface area contributed by atoms with Gasteiger partial charge in [-0.3, -0.25) is 4.21 Å². The maximum atomic E-state index is 12.4. The molecule has 0 saturated carbocycles. The van der Waals surface area contributed by atoms with E-state index in [2.05, 4.69) is 10.5 Å². The lowest BCUT2D eigenvalue weighted by Gasteiger charge is -2.07. The Morgan fingerprint density at radius 1 is 1.09 bits per heavy atom. The quantitative estimate of drug-likeness (QED) is 0.746. The van der Waals surface area contributed by atoms with Gasteiger partial charge >= 0.3 is 0 Å². The number of hydrogen-bond acceptors (Lipinski definition) is 4. The van der Waals surface area contributed by atoms with Crippen LogP contribution < -0.4 is 5.32 Å². The van der Waals surface area contributed by atoms with E-state index in [-0.39, 0.29) is 0 Å². The summed E-state index contributed by atoms with van der Waals surface area (Å²) in [6.07, 6.45) is 0. The standard InChI is InChI=1S/C18H18N2O2S/c1-14-10-17(20-22-14)12-19-16-7-5-6-15(11-16)13-23(21)18-8-3-2-4-9-18/h2-11,19H,12-13H2,1H3/t23-/m1/s1. The third-order valence-corrected chi connectivity index (χ3v) is 4.77. The SMILES string of the molecule is Cc1cc(CNc2cccc(C[S@@](=O)c3ccccc3)c2)no1. The summed E-state index contributed by atoms with van der Waals surface area (Å²) in [5.41, 5.74) is 2.88. The molecular weight excluding hydrogens is 308 g/mol. The first-order chi connectivity index (χ1) is 11.2. The maximum absolute atomic E-state index is 12.4. The molecule has 3 aromatic rings. The van der Waals surface area contributed by atoms with E-state index in [4.69, 9.17) is 4.52 Å². The van der Waals surface area contributed by atoms with Crippen LogP contribution in [0.1, 0.15) is 17.0 Å². The Bertz CT molecular complexity index is 800. The molecule has 0 aliphatic heterocycles. The van der Waals surface area contributed by atoms with Crippen molar-refractivity contribution >= 4 is 16.5 Å². The number of aromatic nitrogens is 1. The first-order valence-electron chi connectivity index (χ1n) is 7.39. The van der Waals surface area contributed by atoms with Crippen molar-refractivity contribution in [3.63, 3.8) is 0 Å². The van der Waals surface area contributed by atoms with E-state index in [1.807, 2.05) is 67.6 Å². The van der Waals surface area contributed by atoms with Gasteiger partial charge in [-0.25, -0.2) is 0 Å². The Morgan fingerprint density at radius 3 is 2.65 bits per heavy atom. The Kier molecular flexibility index (Phi) is 4.88. The zero-order chi connectivity index (χ0) is 16.1. The Labute approximate surface area is 138 Å². The van der Waals surface area contributed by atoms with Crippen LogP contribution in [0.2, 0.25) is 0 Å². The molecule has 23 heavy (non-hydrogen) atoms. The highest BCUT2D eigenvalue weighted by molar-refractivity contribution is 7.84. The second-order valence-electron chi connectivity index (χ2n) is 5.29. The number of nitrogens with one attached hydrogen (secondary N) is 1. The lowest BCUT2D eigenvalue weighted by Crippen LogP contribution is -2.01. The zero-order valence-corrected chi connectivity index (χ0v) is 13.7. The van der Waals surface area contributed by atoms with E-state index in [9.17, 15) is 4.21 Å². The molecular formula is C18H18N2O2S. The van der Waals surface area contributed by atoms with E-state index in [0.29, 0.717) is 12.3 Å². The molecule has 0 unspecified atom stereocenters. The van der Waals surface area contributed by atoms with Crippen molar-refractivity contribution in [2.24, 2.45) is 0 Å². The second kappa shape index (κ2) is 7.24. The fourth-order valence-corrected chi connectivity index (χ4v) is 3.38. The first-order valence-corrected chi connectivity index (χ1v) is 8.71. The Morgan fingerprint density at radius 2 is 1.91 bits per heavy atom. The van der Waals surface area contributed by atoms with Gasteiger partial charge in [0, 0.05) is 16.6 Å². The largest absolute Gasteiger partial charge is 0.379 e. The van der Waals surface area contributed by atoms with Gasteiger partial charge < -0.3 is 9.84 Å². The number of aryl methyl sites for hydroxylation is 1. The summed E-state index contributed by atoms with van der Waals surface area (Å²) < 4.78 is 17.4. The Balaban J connectivity index is 1.64. The average molecular weight is 326 g/mol. The van der Waals surface area contributed by atoms with Crippen LogP contribution in [-0.4, -0.2) is 9.37 Å². The molecule has 0 bridgehead atoms. The molecule has 4 nitrogen and oxygen atoms in total. The molecule has 5 heteroatoms. The van der Waals surface area contributed by atoms with Crippen LogP contribution in [0.5, 0.6) is 0 Å². The van der Waals surface area contributed by atoms with Crippen molar-refractivity contribution in [3.05, 3.63) is 77.7 Å². The van der Waals surface area contributed by atoms with Gasteiger partial charge in [-0.2, -0.15) is 0 Å². The zero-order valence-electron chi connectivity index (χ0n) is 12.9. The number of nitrogens with zero attached hydrogens (tertiary/aromatic N) is 1. The summed E-state index contributed by atoms with van der Waals surface area (Å²) in [5.74, 6) is 1.30. The number of rotatable bonds is 6. The third-order valence-electron chi connectivity index (χ3n) is 3.38. The molecule has 1 N–H and O–H groups in total. The van der Waals surface area contributed by atoms with Crippen molar-refractivity contribution in [2.45, 2.75) is 24.1 Å². The van der Waals surface area contributed by atoms with Crippen molar-refractivity contribution in [2.75, 3.05) is 5.32 Å². The van der Waals surface area contributed by atoms with Gasteiger partial charge in [-0.05, 0) is 36.8 Å². The summed E-state index contributed by atoms with van der Waals surface area (Å²) in [6.45, 7) is 2.47. The molecule has 0 radical (unpaired) electrons. The van der Waals surface area contributed by atoms with Crippen molar-refractivity contribution in [1.29, 1.82) is 0 Å². The fourth-order valence-electron chi connectivity index (χ4n) is 2.27. The number of benzene rings is 2. The highest BCUT2D eigenvalue weighted by Gasteiger charge is 2.06. The molecule has 0 amide bonds. The normalized spacial score (nSPS) is 12.0. The van der Waals surface area contributed by atoms with Crippen molar-refractivity contribution in [1.82, 2.24) is 5.16 Å². The summed E-state index contributed by atoms with van der Waals surface area (Å²) in [4.78, 5) is 0.851. The number of hydrogen-bond donors (Lipinski definition) is 1. The molecule has 0 aliphatic rings. The lowest BCUT2D eigenvalue weighted by atomic mass is 10.2. The summed E-state index contributed by atoms with van der Waals surface area (Å²) >= 11 is 0. The van der Waals surface area contributed by atoms with Gasteiger partial charge in [0.1, 0.15) is 11.5 Å². The maximum Gasteiger partial charge on any atom is 0.133 e. The Hall–Kier alpha value is -2.40. The van der Waals surface area contributed by atoms with E-state index < -0.39 is 10.8 Å². The summed E-state index contributed by atoms with van der Waals surface area (Å²) in [6, 6.07) is 19.4. The molecule has 1 heterocycles. The molecule has 1 aromatic heterocycles. The molecule has 3 rings (SSSR count). The van der Waals surface area contributed by atoms with E-state index in [1.165, 1.54) is 0 Å². The smallest absolute Gasteiger partial charge is 0.133 e. The van der Waals surface area contributed by atoms with Crippen LogP contribution in [0, 0.1) is 6.92 Å². The summed E-state index contributed by atoms with van der Waals surface area (Å²) in [7, 11) is -1.03. The third kappa shape index (κ3) is 4.29. The van der Waals surface area contributed by atoms with Crippen LogP contribution in [-0.2, 0) is 23.1 Å². The number of anilines is 1. The fraction of sp³-hybridized carbons (Fsp3) is 0.167. The topological polar surface area (TPSA) is 55.1 Å². The average Bonchev–Trinajstić information content (AvgIpc) is 3.00. The van der Waals surface area contributed by atoms with Gasteiger partial charge in [0.25, 0.3) is 0 Å². The van der Waals surface area contributed by atoms with Gasteiger partial charge in [-0.15, -0.1) is 0 Å². The van der Waals surface area contributed by atoms with E-state index in [1.54, 1.807) is 0 Å². The molecule has 2 aromatic carbocycles. The minimum absolute atomic E-state index is 0.503. The predicted octanol–water partition coefficient (Wildman–Crippen LogP) is 3.90. The van der Waals surface area contributed by atoms with Gasteiger partial charge in [0.15, 0.2) is 0 Å². The van der Waals surface area contributed by atoms with Crippen LogP contribution in [0.15, 0.2) is 70.1 Å². The minimum atomic E-state index is -1.03. The lowest BCUT2D eigenvalue weighted by molar-refractivity contribution is 0.391. The predicted molar refractivity (Wildman–Crippen MR) is 91.6 cm³/mol. The second-order valence-corrected chi connectivity index (χ2v) is 6.74. The van der Waals surface area contributed by atoms with Gasteiger partial charge in [0.2, 0.25) is 0 Å². The monoisotopic (exact) mass is 326 g/mol. The molecule has 0 fully saturated rings.